The summed E-state index contributed by atoms with van der Waals surface area (Å²) in [5, 5.41) is 0. The summed E-state index contributed by atoms with van der Waals surface area (Å²) in [7, 11) is 1.61. The number of esters is 1. The first kappa shape index (κ1) is 14.5. The maximum absolute atomic E-state index is 11.9. The third-order valence-corrected chi connectivity index (χ3v) is 3.20. The molecule has 0 spiro atoms. The summed E-state index contributed by atoms with van der Waals surface area (Å²) in [5.41, 5.74) is 6.00. The molecule has 0 aliphatic rings. The molecule has 1 aromatic rings. The summed E-state index contributed by atoms with van der Waals surface area (Å²) < 4.78 is 10.3. The smallest absolute Gasteiger partial charge is 0.326 e. The molecule has 0 radical (unpaired) electrons. The van der Waals surface area contributed by atoms with Crippen LogP contribution in [0, 0.1) is 0 Å². The van der Waals surface area contributed by atoms with Crippen molar-refractivity contribution in [2.24, 2.45) is 5.73 Å². The van der Waals surface area contributed by atoms with E-state index in [1.807, 2.05) is 38.1 Å². The summed E-state index contributed by atoms with van der Waals surface area (Å²) in [4.78, 5) is 11.9. The molecule has 0 bridgehead atoms. The van der Waals surface area contributed by atoms with Gasteiger partial charge in [0.1, 0.15) is 17.9 Å². The monoisotopic (exact) mass is 251 g/mol. The van der Waals surface area contributed by atoms with E-state index < -0.39 is 5.54 Å². The second-order valence-electron chi connectivity index (χ2n) is 4.29. The lowest BCUT2D eigenvalue weighted by atomic mass is 9.95. The first-order valence-corrected chi connectivity index (χ1v) is 6.14. The predicted molar refractivity (Wildman–Crippen MR) is 70.3 cm³/mol. The van der Waals surface area contributed by atoms with Gasteiger partial charge in [0.15, 0.2) is 0 Å². The Morgan fingerprint density at radius 2 is 1.78 bits per heavy atom. The highest BCUT2D eigenvalue weighted by atomic mass is 16.5. The molecule has 0 unspecified atom stereocenters. The minimum absolute atomic E-state index is 0.238. The quantitative estimate of drug-likeness (QED) is 0.788. The Labute approximate surface area is 108 Å². The van der Waals surface area contributed by atoms with Crippen molar-refractivity contribution in [3.05, 3.63) is 29.8 Å². The fourth-order valence-electron chi connectivity index (χ4n) is 1.55. The largest absolute Gasteiger partial charge is 0.497 e. The average Bonchev–Trinajstić information content (AvgIpc) is 2.44. The SMILES string of the molecule is CCC(N)(CC)C(=O)OCc1ccc(OC)cc1. The van der Waals surface area contributed by atoms with Gasteiger partial charge in [-0.1, -0.05) is 26.0 Å². The van der Waals surface area contributed by atoms with Gasteiger partial charge >= 0.3 is 5.97 Å². The van der Waals surface area contributed by atoms with Crippen molar-refractivity contribution < 1.29 is 14.3 Å². The highest BCUT2D eigenvalue weighted by Gasteiger charge is 2.31. The van der Waals surface area contributed by atoms with Crippen LogP contribution in [0.5, 0.6) is 5.75 Å². The molecule has 100 valence electrons. The van der Waals surface area contributed by atoms with Crippen molar-refractivity contribution in [2.45, 2.75) is 38.8 Å². The van der Waals surface area contributed by atoms with Gasteiger partial charge in [0, 0.05) is 0 Å². The number of carbonyl (C=O) groups is 1. The van der Waals surface area contributed by atoms with E-state index >= 15 is 0 Å². The molecule has 0 fully saturated rings. The van der Waals surface area contributed by atoms with Crippen LogP contribution in [0.3, 0.4) is 0 Å². The van der Waals surface area contributed by atoms with Crippen molar-refractivity contribution in [1.82, 2.24) is 0 Å². The topological polar surface area (TPSA) is 61.6 Å². The number of carbonyl (C=O) groups excluding carboxylic acids is 1. The van der Waals surface area contributed by atoms with E-state index in [1.54, 1.807) is 7.11 Å². The first-order valence-electron chi connectivity index (χ1n) is 6.14. The molecule has 4 nitrogen and oxygen atoms in total. The summed E-state index contributed by atoms with van der Waals surface area (Å²) in [6.45, 7) is 4.01. The maximum atomic E-state index is 11.9. The van der Waals surface area contributed by atoms with Gasteiger partial charge in [-0.25, -0.2) is 0 Å². The van der Waals surface area contributed by atoms with Crippen LogP contribution in [0.4, 0.5) is 0 Å². The van der Waals surface area contributed by atoms with Crippen molar-refractivity contribution >= 4 is 5.97 Å². The standard InChI is InChI=1S/C14H21NO3/c1-4-14(15,5-2)13(16)18-10-11-6-8-12(17-3)9-7-11/h6-9H,4-5,10,15H2,1-3H3. The van der Waals surface area contributed by atoms with Crippen LogP contribution in [-0.4, -0.2) is 18.6 Å². The maximum Gasteiger partial charge on any atom is 0.326 e. The fraction of sp³-hybridized carbons (Fsp3) is 0.500. The van der Waals surface area contributed by atoms with E-state index in [4.69, 9.17) is 15.2 Å². The predicted octanol–water partition coefficient (Wildman–Crippen LogP) is 2.26. The van der Waals surface area contributed by atoms with E-state index in [-0.39, 0.29) is 12.6 Å². The molecule has 0 heterocycles. The molecule has 0 aliphatic carbocycles. The summed E-state index contributed by atoms with van der Waals surface area (Å²) >= 11 is 0. The summed E-state index contributed by atoms with van der Waals surface area (Å²) in [6.07, 6.45) is 1.15. The highest BCUT2D eigenvalue weighted by molar-refractivity contribution is 5.80. The van der Waals surface area contributed by atoms with Crippen LogP contribution in [0.25, 0.3) is 0 Å². The number of hydrogen-bond acceptors (Lipinski definition) is 4. The molecule has 0 amide bonds. The van der Waals surface area contributed by atoms with Gasteiger partial charge in [-0.15, -0.1) is 0 Å². The number of hydrogen-bond donors (Lipinski definition) is 1. The summed E-state index contributed by atoms with van der Waals surface area (Å²) in [6, 6.07) is 7.39. The highest BCUT2D eigenvalue weighted by Crippen LogP contribution is 2.16. The number of ether oxygens (including phenoxy) is 2. The molecule has 0 saturated heterocycles. The van der Waals surface area contributed by atoms with Crippen LogP contribution in [0.15, 0.2) is 24.3 Å². The number of nitrogens with two attached hydrogens (primary N) is 1. The van der Waals surface area contributed by atoms with E-state index in [9.17, 15) is 4.79 Å². The third kappa shape index (κ3) is 3.47. The molecule has 4 heteroatoms. The summed E-state index contributed by atoms with van der Waals surface area (Å²) in [5.74, 6) is 0.434. The van der Waals surface area contributed by atoms with Crippen molar-refractivity contribution in [1.29, 1.82) is 0 Å². The lowest BCUT2D eigenvalue weighted by Crippen LogP contribution is -2.47. The Morgan fingerprint density at radius 1 is 1.22 bits per heavy atom. The van der Waals surface area contributed by atoms with E-state index in [1.165, 1.54) is 0 Å². The van der Waals surface area contributed by atoms with Gasteiger partial charge < -0.3 is 15.2 Å². The average molecular weight is 251 g/mol. The number of benzene rings is 1. The number of rotatable bonds is 6. The van der Waals surface area contributed by atoms with Gasteiger partial charge in [0.05, 0.1) is 7.11 Å². The molecule has 0 saturated carbocycles. The number of methoxy groups -OCH3 is 1. The molecule has 0 aromatic heterocycles. The molecule has 1 rings (SSSR count). The van der Waals surface area contributed by atoms with Gasteiger partial charge in [-0.2, -0.15) is 0 Å². The molecule has 0 aliphatic heterocycles. The van der Waals surface area contributed by atoms with Crippen LogP contribution in [0.2, 0.25) is 0 Å². The second-order valence-corrected chi connectivity index (χ2v) is 4.29. The molecule has 1 aromatic carbocycles. The normalized spacial score (nSPS) is 11.1. The van der Waals surface area contributed by atoms with Crippen molar-refractivity contribution in [2.75, 3.05) is 7.11 Å². The van der Waals surface area contributed by atoms with Crippen LogP contribution in [-0.2, 0) is 16.1 Å². The van der Waals surface area contributed by atoms with E-state index in [0.29, 0.717) is 12.8 Å². The lowest BCUT2D eigenvalue weighted by molar-refractivity contribution is -0.151. The lowest BCUT2D eigenvalue weighted by Gasteiger charge is -2.23. The van der Waals surface area contributed by atoms with E-state index in [0.717, 1.165) is 11.3 Å². The zero-order valence-electron chi connectivity index (χ0n) is 11.2. The molecular weight excluding hydrogens is 230 g/mol. The van der Waals surface area contributed by atoms with Gasteiger partial charge in [-0.3, -0.25) is 4.79 Å². The Morgan fingerprint density at radius 3 is 2.22 bits per heavy atom. The second kappa shape index (κ2) is 6.40. The Hall–Kier alpha value is -1.55. The first-order chi connectivity index (χ1) is 8.55. The van der Waals surface area contributed by atoms with Crippen LogP contribution < -0.4 is 10.5 Å². The van der Waals surface area contributed by atoms with Crippen LogP contribution in [0.1, 0.15) is 32.3 Å². The zero-order valence-corrected chi connectivity index (χ0v) is 11.2. The van der Waals surface area contributed by atoms with E-state index in [2.05, 4.69) is 0 Å². The molecule has 0 atom stereocenters. The molecule has 2 N–H and O–H groups in total. The Kier molecular flexibility index (Phi) is 5.16. The third-order valence-electron chi connectivity index (χ3n) is 3.20. The van der Waals surface area contributed by atoms with Crippen molar-refractivity contribution in [3.8, 4) is 5.75 Å². The van der Waals surface area contributed by atoms with Gasteiger partial charge in [0.25, 0.3) is 0 Å². The zero-order chi connectivity index (χ0) is 13.6. The minimum atomic E-state index is -0.869. The van der Waals surface area contributed by atoms with Gasteiger partial charge in [-0.05, 0) is 30.5 Å². The van der Waals surface area contributed by atoms with Crippen molar-refractivity contribution in [3.63, 3.8) is 0 Å². The van der Waals surface area contributed by atoms with Gasteiger partial charge in [0.2, 0.25) is 0 Å². The van der Waals surface area contributed by atoms with Crippen LogP contribution >= 0.6 is 0 Å². The Bertz CT molecular complexity index is 383. The minimum Gasteiger partial charge on any atom is -0.497 e. The molecule has 18 heavy (non-hydrogen) atoms. The fourth-order valence-corrected chi connectivity index (χ4v) is 1.55. The Balaban J connectivity index is 2.56. The molecular formula is C14H21NO3.